The van der Waals surface area contributed by atoms with Crippen molar-refractivity contribution in [2.75, 3.05) is 5.32 Å². The van der Waals surface area contributed by atoms with Gasteiger partial charge in [-0.1, -0.05) is 23.7 Å². The molecule has 194 valence electrons. The van der Waals surface area contributed by atoms with Crippen molar-refractivity contribution >= 4 is 29.2 Å². The zero-order chi connectivity index (χ0) is 26.7. The van der Waals surface area contributed by atoms with Crippen molar-refractivity contribution in [2.24, 2.45) is 4.99 Å². The molecule has 37 heavy (non-hydrogen) atoms. The molecule has 0 bridgehead atoms. The Morgan fingerprint density at radius 1 is 0.973 bits per heavy atom. The molecule has 6 nitrogen and oxygen atoms in total. The molecule has 1 amide bonds. The molecule has 1 fully saturated rings. The molecular weight excluding hydrogens is 524 g/mol. The molecule has 0 spiro atoms. The van der Waals surface area contributed by atoms with Gasteiger partial charge in [-0.3, -0.25) is 4.79 Å². The normalized spacial score (nSPS) is 18.1. The number of alkyl halides is 3. The number of amides is 1. The SMILES string of the molecule is O=C(/N=C(/Nc1cc(F)cc(Cl)c1)NC1CC(c2cccc(C(F)(F)F)c2)NN1)c1ccc(F)c(F)c1. The Balaban J connectivity index is 1.56. The van der Waals surface area contributed by atoms with Gasteiger partial charge in [0.25, 0.3) is 5.91 Å². The van der Waals surface area contributed by atoms with E-state index in [1.54, 1.807) is 0 Å². The van der Waals surface area contributed by atoms with Gasteiger partial charge in [-0.25, -0.2) is 24.0 Å². The van der Waals surface area contributed by atoms with Crippen LogP contribution in [0.1, 0.15) is 33.9 Å². The quantitative estimate of drug-likeness (QED) is 0.198. The molecule has 13 heteroatoms. The second kappa shape index (κ2) is 10.8. The second-order valence-corrected chi connectivity index (χ2v) is 8.51. The fraction of sp³-hybridized carbons (Fsp3) is 0.167. The number of carbonyl (C=O) groups excluding carboxylic acids is 1. The van der Waals surface area contributed by atoms with E-state index in [0.717, 1.165) is 36.4 Å². The smallest absolute Gasteiger partial charge is 0.339 e. The van der Waals surface area contributed by atoms with Gasteiger partial charge < -0.3 is 10.6 Å². The Morgan fingerprint density at radius 2 is 1.76 bits per heavy atom. The Morgan fingerprint density at radius 3 is 2.46 bits per heavy atom. The number of carbonyl (C=O) groups is 1. The molecule has 4 N–H and O–H groups in total. The molecule has 0 aromatic heterocycles. The van der Waals surface area contributed by atoms with Gasteiger partial charge in [-0.15, -0.1) is 0 Å². The Labute approximate surface area is 211 Å². The van der Waals surface area contributed by atoms with Gasteiger partial charge in [0.2, 0.25) is 5.96 Å². The largest absolute Gasteiger partial charge is 0.416 e. The molecule has 4 rings (SSSR count). The van der Waals surface area contributed by atoms with Crippen LogP contribution < -0.4 is 21.5 Å². The summed E-state index contributed by atoms with van der Waals surface area (Å²) in [6, 6.07) is 10.3. The van der Waals surface area contributed by atoms with Gasteiger partial charge in [0.15, 0.2) is 11.6 Å². The molecular formula is C24H18ClF6N5O. The summed E-state index contributed by atoms with van der Waals surface area (Å²) in [4.78, 5) is 16.5. The summed E-state index contributed by atoms with van der Waals surface area (Å²) in [5.74, 6) is -4.22. The first-order valence-corrected chi connectivity index (χ1v) is 11.1. The molecule has 1 heterocycles. The predicted molar refractivity (Wildman–Crippen MR) is 125 cm³/mol. The number of benzene rings is 3. The number of nitrogens with one attached hydrogen (secondary N) is 4. The van der Waals surface area contributed by atoms with E-state index in [-0.39, 0.29) is 28.7 Å². The molecule has 0 aliphatic carbocycles. The van der Waals surface area contributed by atoms with Crippen LogP contribution in [-0.2, 0) is 6.18 Å². The summed E-state index contributed by atoms with van der Waals surface area (Å²) in [6.45, 7) is 0. The van der Waals surface area contributed by atoms with E-state index in [9.17, 15) is 31.1 Å². The van der Waals surface area contributed by atoms with Crippen molar-refractivity contribution < 1.29 is 31.1 Å². The highest BCUT2D eigenvalue weighted by atomic mass is 35.5. The lowest BCUT2D eigenvalue weighted by Crippen LogP contribution is -2.47. The second-order valence-electron chi connectivity index (χ2n) is 8.07. The zero-order valence-corrected chi connectivity index (χ0v) is 19.4. The number of hydrazine groups is 1. The molecule has 1 saturated heterocycles. The van der Waals surface area contributed by atoms with E-state index < -0.39 is 47.3 Å². The number of guanidine groups is 1. The van der Waals surface area contributed by atoms with E-state index in [4.69, 9.17) is 11.6 Å². The number of hydrogen-bond donors (Lipinski definition) is 4. The average molecular weight is 542 g/mol. The van der Waals surface area contributed by atoms with Gasteiger partial charge >= 0.3 is 6.18 Å². The summed E-state index contributed by atoms with van der Waals surface area (Å²) in [6.07, 6.45) is -4.95. The van der Waals surface area contributed by atoms with Crippen LogP contribution in [0.2, 0.25) is 5.02 Å². The summed E-state index contributed by atoms with van der Waals surface area (Å²) in [5, 5.41) is 5.63. The standard InChI is InChI=1S/C24H18ClF6N5O/c25-15-8-16(26)10-17(9-15)32-23(34-22(37)13-4-5-18(27)19(28)7-13)33-21-11-20(35-36-21)12-2-1-3-14(6-12)24(29,30)31/h1-10,20-21,35-36H,11H2,(H2,32,33,34,37). The van der Waals surface area contributed by atoms with E-state index in [1.807, 2.05) is 0 Å². The maximum absolute atomic E-state index is 13.8. The minimum absolute atomic E-state index is 0.0547. The van der Waals surface area contributed by atoms with Crippen molar-refractivity contribution in [1.29, 1.82) is 0 Å². The molecule has 3 aromatic rings. The van der Waals surface area contributed by atoms with Crippen LogP contribution in [0, 0.1) is 17.5 Å². The average Bonchev–Trinajstić information content (AvgIpc) is 3.28. The number of anilines is 1. The van der Waals surface area contributed by atoms with Gasteiger partial charge in [0, 0.05) is 28.7 Å². The molecule has 1 aliphatic rings. The summed E-state index contributed by atoms with van der Waals surface area (Å²) in [7, 11) is 0. The Bertz CT molecular complexity index is 1330. The van der Waals surface area contributed by atoms with Crippen molar-refractivity contribution in [3.05, 3.63) is 99.8 Å². The van der Waals surface area contributed by atoms with E-state index in [2.05, 4.69) is 26.5 Å². The zero-order valence-electron chi connectivity index (χ0n) is 18.6. The van der Waals surface area contributed by atoms with Gasteiger partial charge in [-0.2, -0.15) is 18.2 Å². The van der Waals surface area contributed by atoms with Crippen LogP contribution in [0.5, 0.6) is 0 Å². The minimum atomic E-state index is -4.50. The first kappa shape index (κ1) is 26.5. The number of hydrogen-bond acceptors (Lipinski definition) is 3. The van der Waals surface area contributed by atoms with Gasteiger partial charge in [0.05, 0.1) is 11.7 Å². The number of nitrogens with zero attached hydrogens (tertiary/aromatic N) is 1. The first-order valence-electron chi connectivity index (χ1n) is 10.7. The topological polar surface area (TPSA) is 77.5 Å². The van der Waals surface area contributed by atoms with Crippen molar-refractivity contribution in [1.82, 2.24) is 16.2 Å². The summed E-state index contributed by atoms with van der Waals surface area (Å²) >= 11 is 5.88. The van der Waals surface area contributed by atoms with Gasteiger partial charge in [-0.05, 0) is 54.1 Å². The molecule has 3 aromatic carbocycles. The summed E-state index contributed by atoms with van der Waals surface area (Å²) < 4.78 is 79.9. The number of rotatable bonds is 4. The van der Waals surface area contributed by atoms with Crippen LogP contribution in [0.15, 0.2) is 65.7 Å². The first-order chi connectivity index (χ1) is 17.5. The van der Waals surface area contributed by atoms with Crippen LogP contribution in [0.3, 0.4) is 0 Å². The van der Waals surface area contributed by atoms with Crippen LogP contribution in [0.25, 0.3) is 0 Å². The third-order valence-corrected chi connectivity index (χ3v) is 5.55. The maximum atomic E-state index is 13.8. The van der Waals surface area contributed by atoms with Crippen molar-refractivity contribution in [3.63, 3.8) is 0 Å². The van der Waals surface area contributed by atoms with Crippen LogP contribution in [-0.4, -0.2) is 18.0 Å². The lowest BCUT2D eigenvalue weighted by atomic mass is 10.0. The Kier molecular flexibility index (Phi) is 7.71. The third kappa shape index (κ3) is 6.79. The predicted octanol–water partition coefficient (Wildman–Crippen LogP) is 5.54. The minimum Gasteiger partial charge on any atom is -0.339 e. The lowest BCUT2D eigenvalue weighted by molar-refractivity contribution is -0.137. The number of aliphatic imine (C=N–C) groups is 1. The maximum Gasteiger partial charge on any atom is 0.416 e. The highest BCUT2D eigenvalue weighted by molar-refractivity contribution is 6.31. The molecule has 1 aliphatic heterocycles. The van der Waals surface area contributed by atoms with E-state index in [1.165, 1.54) is 18.2 Å². The molecule has 2 atom stereocenters. The third-order valence-electron chi connectivity index (χ3n) is 5.34. The highest BCUT2D eigenvalue weighted by Gasteiger charge is 2.32. The molecule has 0 radical (unpaired) electrons. The molecule has 2 unspecified atom stereocenters. The van der Waals surface area contributed by atoms with E-state index >= 15 is 0 Å². The molecule has 0 saturated carbocycles. The van der Waals surface area contributed by atoms with Crippen LogP contribution >= 0.6 is 11.6 Å². The fourth-order valence-electron chi connectivity index (χ4n) is 3.62. The highest BCUT2D eigenvalue weighted by Crippen LogP contribution is 2.32. The van der Waals surface area contributed by atoms with Crippen LogP contribution in [0.4, 0.5) is 32.0 Å². The monoisotopic (exact) mass is 541 g/mol. The van der Waals surface area contributed by atoms with Crippen molar-refractivity contribution in [2.45, 2.75) is 24.8 Å². The van der Waals surface area contributed by atoms with E-state index in [0.29, 0.717) is 11.6 Å². The fourth-order valence-corrected chi connectivity index (χ4v) is 3.84. The van der Waals surface area contributed by atoms with Gasteiger partial charge in [0.1, 0.15) is 5.82 Å². The summed E-state index contributed by atoms with van der Waals surface area (Å²) in [5.41, 5.74) is 5.15. The number of halogens is 7. The Hall–Kier alpha value is -3.61. The van der Waals surface area contributed by atoms with Crippen molar-refractivity contribution in [3.8, 4) is 0 Å². The lowest BCUT2D eigenvalue weighted by Gasteiger charge is -2.17.